The molecule has 0 aliphatic heterocycles. The van der Waals surface area contributed by atoms with Crippen molar-refractivity contribution in [3.05, 3.63) is 21.9 Å². The molecule has 0 saturated carbocycles. The zero-order valence-corrected chi connectivity index (χ0v) is 11.5. The Hall–Kier alpha value is -0.0100. The van der Waals surface area contributed by atoms with Crippen molar-refractivity contribution in [2.45, 2.75) is 51.8 Å². The first kappa shape index (κ1) is 13.1. The quantitative estimate of drug-likeness (QED) is 0.625. The van der Waals surface area contributed by atoms with Crippen molar-refractivity contribution in [2.24, 2.45) is 5.92 Å². The van der Waals surface area contributed by atoms with Crippen LogP contribution in [0, 0.1) is 5.92 Å². The third kappa shape index (κ3) is 4.56. The highest BCUT2D eigenvalue weighted by Gasteiger charge is 2.09. The Labute approximate surface area is 103 Å². The molecule has 0 aromatic carbocycles. The lowest BCUT2D eigenvalue weighted by molar-refractivity contribution is 0.548. The van der Waals surface area contributed by atoms with Crippen molar-refractivity contribution in [1.29, 1.82) is 0 Å². The molecule has 0 bridgehead atoms. The normalized spacial score (nSPS) is 13.4. The van der Waals surface area contributed by atoms with Gasteiger partial charge in [0.25, 0.3) is 0 Å². The third-order valence-corrected chi connectivity index (χ3v) is 4.70. The van der Waals surface area contributed by atoms with Crippen LogP contribution in [-0.2, 0) is 12.8 Å². The number of aryl methyl sites for hydroxylation is 2. The highest BCUT2D eigenvalue weighted by atomic mass is 35.5. The van der Waals surface area contributed by atoms with Crippen LogP contribution in [0.1, 0.15) is 43.4 Å². The molecule has 1 rings (SSSR count). The highest BCUT2D eigenvalue weighted by Crippen LogP contribution is 2.21. The van der Waals surface area contributed by atoms with E-state index in [0.29, 0.717) is 11.3 Å². The van der Waals surface area contributed by atoms with Crippen LogP contribution in [0.2, 0.25) is 0 Å². The summed E-state index contributed by atoms with van der Waals surface area (Å²) in [5.74, 6) is 0.598. The van der Waals surface area contributed by atoms with E-state index in [0.717, 1.165) is 12.8 Å². The molecule has 15 heavy (non-hydrogen) atoms. The number of rotatable bonds is 6. The minimum atomic E-state index is 0.343. The minimum Gasteiger partial charge on any atom is -0.145 e. The van der Waals surface area contributed by atoms with E-state index in [4.69, 9.17) is 11.6 Å². The van der Waals surface area contributed by atoms with Gasteiger partial charge in [0.05, 0.1) is 0 Å². The van der Waals surface area contributed by atoms with Crippen molar-refractivity contribution in [1.82, 2.24) is 0 Å². The molecule has 0 aliphatic rings. The van der Waals surface area contributed by atoms with Crippen molar-refractivity contribution in [3.63, 3.8) is 0 Å². The summed E-state index contributed by atoms with van der Waals surface area (Å²) in [4.78, 5) is 3.01. The summed E-state index contributed by atoms with van der Waals surface area (Å²) in [7, 11) is 0. The lowest BCUT2D eigenvalue weighted by atomic mass is 10.0. The van der Waals surface area contributed by atoms with Gasteiger partial charge in [-0.05, 0) is 43.7 Å². The van der Waals surface area contributed by atoms with Gasteiger partial charge >= 0.3 is 0 Å². The first-order valence-electron chi connectivity index (χ1n) is 5.85. The molecule has 86 valence electrons. The van der Waals surface area contributed by atoms with Gasteiger partial charge in [-0.25, -0.2) is 0 Å². The molecular weight excluding hydrogens is 224 g/mol. The van der Waals surface area contributed by atoms with Crippen LogP contribution in [0.15, 0.2) is 12.1 Å². The van der Waals surface area contributed by atoms with Gasteiger partial charge in [-0.15, -0.1) is 22.9 Å². The van der Waals surface area contributed by atoms with Gasteiger partial charge in [0.15, 0.2) is 0 Å². The lowest BCUT2D eigenvalue weighted by Crippen LogP contribution is -2.07. The molecule has 0 radical (unpaired) electrons. The van der Waals surface area contributed by atoms with Crippen LogP contribution in [0.4, 0.5) is 0 Å². The smallest absolute Gasteiger partial charge is 0.0359 e. The van der Waals surface area contributed by atoms with E-state index < -0.39 is 0 Å². The van der Waals surface area contributed by atoms with Crippen LogP contribution in [-0.4, -0.2) is 5.38 Å². The average molecular weight is 245 g/mol. The largest absolute Gasteiger partial charge is 0.145 e. The van der Waals surface area contributed by atoms with E-state index in [2.05, 4.69) is 32.9 Å². The Morgan fingerprint density at radius 2 is 1.93 bits per heavy atom. The van der Waals surface area contributed by atoms with Crippen LogP contribution < -0.4 is 0 Å². The van der Waals surface area contributed by atoms with Crippen LogP contribution in [0.3, 0.4) is 0 Å². The summed E-state index contributed by atoms with van der Waals surface area (Å²) in [5, 5.41) is 0.343. The van der Waals surface area contributed by atoms with Gasteiger partial charge in [-0.2, -0.15) is 0 Å². The number of hydrogen-bond donors (Lipinski definition) is 0. The summed E-state index contributed by atoms with van der Waals surface area (Å²) in [6.07, 6.45) is 4.71. The van der Waals surface area contributed by atoms with Gasteiger partial charge in [-0.1, -0.05) is 20.8 Å². The van der Waals surface area contributed by atoms with Crippen LogP contribution in [0.25, 0.3) is 0 Å². The molecule has 1 unspecified atom stereocenters. The molecule has 0 N–H and O–H groups in total. The summed E-state index contributed by atoms with van der Waals surface area (Å²) in [6.45, 7) is 6.60. The first-order chi connectivity index (χ1) is 7.13. The van der Waals surface area contributed by atoms with Gasteiger partial charge in [0.1, 0.15) is 0 Å². The summed E-state index contributed by atoms with van der Waals surface area (Å²) >= 11 is 8.17. The first-order valence-corrected chi connectivity index (χ1v) is 7.10. The predicted molar refractivity (Wildman–Crippen MR) is 71.1 cm³/mol. The zero-order valence-electron chi connectivity index (χ0n) is 9.92. The van der Waals surface area contributed by atoms with Crippen LogP contribution in [0.5, 0.6) is 0 Å². The molecule has 0 saturated heterocycles. The molecule has 0 aliphatic carbocycles. The van der Waals surface area contributed by atoms with E-state index >= 15 is 0 Å². The molecular formula is C13H21ClS. The van der Waals surface area contributed by atoms with Crippen molar-refractivity contribution in [3.8, 4) is 0 Å². The minimum absolute atomic E-state index is 0.343. The van der Waals surface area contributed by atoms with E-state index in [1.165, 1.54) is 22.6 Å². The van der Waals surface area contributed by atoms with Crippen molar-refractivity contribution in [2.75, 3.05) is 0 Å². The number of halogens is 1. The fraction of sp³-hybridized carbons (Fsp3) is 0.692. The Bertz CT molecular complexity index is 278. The Morgan fingerprint density at radius 3 is 2.47 bits per heavy atom. The Morgan fingerprint density at radius 1 is 1.27 bits per heavy atom. The van der Waals surface area contributed by atoms with E-state index in [1.807, 2.05) is 11.3 Å². The lowest BCUT2D eigenvalue weighted by Gasteiger charge is -2.12. The summed E-state index contributed by atoms with van der Waals surface area (Å²) in [5.41, 5.74) is 0. The summed E-state index contributed by atoms with van der Waals surface area (Å²) in [6, 6.07) is 4.52. The molecule has 1 aromatic rings. The second kappa shape index (κ2) is 6.55. The fourth-order valence-corrected chi connectivity index (χ4v) is 2.71. The average Bonchev–Trinajstić information content (AvgIpc) is 2.65. The predicted octanol–water partition coefficient (Wildman–Crippen LogP) is 4.90. The maximum atomic E-state index is 6.22. The van der Waals surface area contributed by atoms with Crippen LogP contribution >= 0.6 is 22.9 Å². The van der Waals surface area contributed by atoms with Crippen molar-refractivity contribution >= 4 is 22.9 Å². The molecule has 1 atom stereocenters. The molecule has 1 heterocycles. The van der Waals surface area contributed by atoms with Gasteiger partial charge in [-0.3, -0.25) is 0 Å². The highest BCUT2D eigenvalue weighted by molar-refractivity contribution is 7.11. The second-order valence-corrected chi connectivity index (χ2v) is 6.19. The fourth-order valence-electron chi connectivity index (χ4n) is 1.55. The van der Waals surface area contributed by atoms with Gasteiger partial charge in [0.2, 0.25) is 0 Å². The molecule has 0 spiro atoms. The third-order valence-electron chi connectivity index (χ3n) is 2.69. The maximum Gasteiger partial charge on any atom is 0.0359 e. The SMILES string of the molecule is CCc1ccc(CCCC(Cl)C(C)C)s1. The number of thiophene rings is 1. The monoisotopic (exact) mass is 244 g/mol. The van der Waals surface area contributed by atoms with E-state index in [-0.39, 0.29) is 0 Å². The Kier molecular flexibility index (Phi) is 5.70. The number of alkyl halides is 1. The zero-order chi connectivity index (χ0) is 11.3. The second-order valence-electron chi connectivity index (χ2n) is 4.37. The molecule has 1 aromatic heterocycles. The van der Waals surface area contributed by atoms with Gasteiger partial charge in [0, 0.05) is 15.1 Å². The van der Waals surface area contributed by atoms with E-state index in [1.54, 1.807) is 0 Å². The maximum absolute atomic E-state index is 6.22. The number of hydrogen-bond acceptors (Lipinski definition) is 1. The molecule has 2 heteroatoms. The van der Waals surface area contributed by atoms with Crippen molar-refractivity contribution < 1.29 is 0 Å². The standard InChI is InChI=1S/C13H21ClS/c1-4-11-8-9-12(15-11)6-5-7-13(14)10(2)3/h8-10,13H,4-7H2,1-3H3. The Balaban J connectivity index is 2.25. The molecule has 0 fully saturated rings. The van der Waals surface area contributed by atoms with E-state index in [9.17, 15) is 0 Å². The van der Waals surface area contributed by atoms with Gasteiger partial charge < -0.3 is 0 Å². The molecule has 0 nitrogen and oxygen atoms in total. The summed E-state index contributed by atoms with van der Waals surface area (Å²) < 4.78 is 0. The topological polar surface area (TPSA) is 0 Å². The molecule has 0 amide bonds.